The smallest absolute Gasteiger partial charge is 0.255 e. The van der Waals surface area contributed by atoms with E-state index in [0.29, 0.717) is 36.0 Å². The third kappa shape index (κ3) is 3.68. The first kappa shape index (κ1) is 17.1. The van der Waals surface area contributed by atoms with Crippen molar-refractivity contribution in [2.45, 2.75) is 13.0 Å². The fraction of sp³-hybridized carbons (Fsp3) is 0.278. The predicted molar refractivity (Wildman–Crippen MR) is 97.1 cm³/mol. The number of amides is 1. The maximum atomic E-state index is 12.8. The van der Waals surface area contributed by atoms with Crippen LogP contribution in [0.4, 0.5) is 0 Å². The number of fused-ring (bicyclic) bond motifs is 1. The molecular weight excluding hydrogens is 394 g/mol. The molecule has 0 fully saturated rings. The first-order valence-corrected chi connectivity index (χ1v) is 8.88. The summed E-state index contributed by atoms with van der Waals surface area (Å²) in [7, 11) is 0. The van der Waals surface area contributed by atoms with Gasteiger partial charge in [0.25, 0.3) is 5.91 Å². The fourth-order valence-corrected chi connectivity index (χ4v) is 3.15. The minimum Gasteiger partial charge on any atom is -0.486 e. The minimum absolute atomic E-state index is 0.119. The molecule has 1 aliphatic heterocycles. The molecule has 0 aromatic heterocycles. The van der Waals surface area contributed by atoms with E-state index in [1.54, 1.807) is 17.0 Å². The molecule has 6 heteroatoms. The Labute approximate surface area is 154 Å². The Bertz CT molecular complexity index is 753. The lowest BCUT2D eigenvalue weighted by molar-refractivity contribution is 0.0475. The first-order chi connectivity index (χ1) is 11.6. The molecule has 24 heavy (non-hydrogen) atoms. The van der Waals surface area contributed by atoms with E-state index in [4.69, 9.17) is 21.1 Å². The molecule has 3 rings (SSSR count). The Kier molecular flexibility index (Phi) is 5.31. The summed E-state index contributed by atoms with van der Waals surface area (Å²) in [6, 6.07) is 12.8. The van der Waals surface area contributed by atoms with Crippen molar-refractivity contribution in [3.05, 3.63) is 57.5 Å². The topological polar surface area (TPSA) is 38.8 Å². The zero-order valence-electron chi connectivity index (χ0n) is 13.2. The van der Waals surface area contributed by atoms with Crippen LogP contribution < -0.4 is 9.47 Å². The van der Waals surface area contributed by atoms with Crippen LogP contribution in [0.1, 0.15) is 17.3 Å². The molecule has 0 N–H and O–H groups in total. The molecule has 2 aromatic carbocycles. The van der Waals surface area contributed by atoms with Gasteiger partial charge in [-0.25, -0.2) is 0 Å². The molecule has 0 aliphatic carbocycles. The normalized spacial score (nSPS) is 15.9. The summed E-state index contributed by atoms with van der Waals surface area (Å²) in [5.74, 6) is 1.32. The van der Waals surface area contributed by atoms with E-state index in [1.807, 2.05) is 37.3 Å². The van der Waals surface area contributed by atoms with Gasteiger partial charge in [-0.1, -0.05) is 39.7 Å². The van der Waals surface area contributed by atoms with Gasteiger partial charge in [0.1, 0.15) is 6.61 Å². The van der Waals surface area contributed by atoms with Gasteiger partial charge in [-0.2, -0.15) is 0 Å². The number of benzene rings is 2. The van der Waals surface area contributed by atoms with Crippen molar-refractivity contribution >= 4 is 33.4 Å². The molecule has 126 valence electrons. The number of rotatable bonds is 4. The van der Waals surface area contributed by atoms with Crippen molar-refractivity contribution in [3.63, 3.8) is 0 Å². The number of para-hydroxylation sites is 2. The van der Waals surface area contributed by atoms with Crippen LogP contribution >= 0.6 is 27.5 Å². The first-order valence-electron chi connectivity index (χ1n) is 7.71. The highest BCUT2D eigenvalue weighted by Crippen LogP contribution is 2.31. The van der Waals surface area contributed by atoms with Gasteiger partial charge in [-0.15, -0.1) is 0 Å². The van der Waals surface area contributed by atoms with Crippen LogP contribution in [0.5, 0.6) is 11.5 Å². The highest BCUT2D eigenvalue weighted by molar-refractivity contribution is 9.10. The van der Waals surface area contributed by atoms with Crippen LogP contribution in [-0.4, -0.2) is 36.6 Å². The van der Waals surface area contributed by atoms with Crippen molar-refractivity contribution in [1.29, 1.82) is 0 Å². The second kappa shape index (κ2) is 7.45. The minimum atomic E-state index is -0.213. The predicted octanol–water partition coefficient (Wildman–Crippen LogP) is 4.40. The van der Waals surface area contributed by atoms with Gasteiger partial charge in [-0.05, 0) is 37.3 Å². The Hall–Kier alpha value is -1.72. The Morgan fingerprint density at radius 2 is 2.04 bits per heavy atom. The quantitative estimate of drug-likeness (QED) is 0.750. The standard InChI is InChI=1S/C18H17BrClNO3/c1-2-21(18(22)14-9-12(19)7-8-15(14)20)10-13-11-23-16-5-3-4-6-17(16)24-13/h3-9,13H,2,10-11H2,1H3. The lowest BCUT2D eigenvalue weighted by atomic mass is 10.2. The number of nitrogens with zero attached hydrogens (tertiary/aromatic N) is 1. The van der Waals surface area contributed by atoms with Gasteiger partial charge in [0.15, 0.2) is 17.6 Å². The summed E-state index contributed by atoms with van der Waals surface area (Å²) in [5, 5.41) is 0.438. The van der Waals surface area contributed by atoms with Crippen LogP contribution in [0.15, 0.2) is 46.9 Å². The summed E-state index contributed by atoms with van der Waals surface area (Å²) in [6.45, 7) is 3.34. The van der Waals surface area contributed by atoms with E-state index in [9.17, 15) is 4.79 Å². The fourth-order valence-electron chi connectivity index (χ4n) is 2.59. The van der Waals surface area contributed by atoms with E-state index < -0.39 is 0 Å². The van der Waals surface area contributed by atoms with E-state index >= 15 is 0 Å². The molecule has 0 bridgehead atoms. The third-order valence-electron chi connectivity index (χ3n) is 3.82. The van der Waals surface area contributed by atoms with Crippen LogP contribution in [0.2, 0.25) is 5.02 Å². The summed E-state index contributed by atoms with van der Waals surface area (Å²) in [5.41, 5.74) is 0.477. The van der Waals surface area contributed by atoms with Crippen LogP contribution in [0, 0.1) is 0 Å². The third-order valence-corrected chi connectivity index (χ3v) is 4.64. The van der Waals surface area contributed by atoms with Gasteiger partial charge < -0.3 is 14.4 Å². The lowest BCUT2D eigenvalue weighted by Crippen LogP contribution is -2.43. The maximum absolute atomic E-state index is 12.8. The number of carbonyl (C=O) groups excluding carboxylic acids is 1. The molecule has 2 aromatic rings. The van der Waals surface area contributed by atoms with E-state index in [2.05, 4.69) is 15.9 Å². The van der Waals surface area contributed by atoms with Crippen molar-refractivity contribution in [3.8, 4) is 11.5 Å². The second-order valence-electron chi connectivity index (χ2n) is 5.47. The molecule has 1 heterocycles. The Morgan fingerprint density at radius 3 is 2.79 bits per heavy atom. The molecule has 1 unspecified atom stereocenters. The number of ether oxygens (including phenoxy) is 2. The summed E-state index contributed by atoms with van der Waals surface area (Å²) in [4.78, 5) is 14.5. The SMILES string of the molecule is CCN(CC1COc2ccccc2O1)C(=O)c1cc(Br)ccc1Cl. The van der Waals surface area contributed by atoms with Crippen LogP contribution in [-0.2, 0) is 0 Å². The van der Waals surface area contributed by atoms with Crippen molar-refractivity contribution in [2.24, 2.45) is 0 Å². The van der Waals surface area contributed by atoms with Gasteiger partial charge in [-0.3, -0.25) is 4.79 Å². The van der Waals surface area contributed by atoms with Gasteiger partial charge in [0.2, 0.25) is 0 Å². The van der Waals surface area contributed by atoms with Gasteiger partial charge in [0, 0.05) is 11.0 Å². The van der Waals surface area contributed by atoms with Crippen molar-refractivity contribution in [2.75, 3.05) is 19.7 Å². The lowest BCUT2D eigenvalue weighted by Gasteiger charge is -2.31. The molecular formula is C18H17BrClNO3. The van der Waals surface area contributed by atoms with E-state index in [0.717, 1.165) is 10.2 Å². The summed E-state index contributed by atoms with van der Waals surface area (Å²) in [6.07, 6.45) is -0.213. The molecule has 0 saturated heterocycles. The number of halogens is 2. The van der Waals surface area contributed by atoms with Gasteiger partial charge in [0.05, 0.1) is 17.1 Å². The van der Waals surface area contributed by atoms with Crippen molar-refractivity contribution in [1.82, 2.24) is 4.90 Å². The second-order valence-corrected chi connectivity index (χ2v) is 6.79. The molecule has 1 aliphatic rings. The summed E-state index contributed by atoms with van der Waals surface area (Å²) < 4.78 is 12.5. The number of hydrogen-bond donors (Lipinski definition) is 0. The zero-order valence-corrected chi connectivity index (χ0v) is 15.5. The largest absolute Gasteiger partial charge is 0.486 e. The Balaban J connectivity index is 1.73. The zero-order chi connectivity index (χ0) is 17.1. The highest BCUT2D eigenvalue weighted by atomic mass is 79.9. The van der Waals surface area contributed by atoms with Crippen LogP contribution in [0.3, 0.4) is 0 Å². The number of carbonyl (C=O) groups is 1. The van der Waals surface area contributed by atoms with Crippen LogP contribution in [0.25, 0.3) is 0 Å². The molecule has 0 radical (unpaired) electrons. The Morgan fingerprint density at radius 1 is 1.29 bits per heavy atom. The number of hydrogen-bond acceptors (Lipinski definition) is 3. The monoisotopic (exact) mass is 409 g/mol. The highest BCUT2D eigenvalue weighted by Gasteiger charge is 2.26. The van der Waals surface area contributed by atoms with Crippen molar-refractivity contribution < 1.29 is 14.3 Å². The molecule has 0 spiro atoms. The van der Waals surface area contributed by atoms with E-state index in [1.165, 1.54) is 0 Å². The molecule has 1 amide bonds. The molecule has 4 nitrogen and oxygen atoms in total. The van der Waals surface area contributed by atoms with Gasteiger partial charge >= 0.3 is 0 Å². The van der Waals surface area contributed by atoms with E-state index in [-0.39, 0.29) is 12.0 Å². The summed E-state index contributed by atoms with van der Waals surface area (Å²) >= 11 is 9.56. The average Bonchev–Trinajstić information content (AvgIpc) is 2.61. The average molecular weight is 411 g/mol. The molecule has 1 atom stereocenters. The molecule has 0 saturated carbocycles. The number of likely N-dealkylation sites (N-methyl/N-ethyl adjacent to an activating group) is 1. The maximum Gasteiger partial charge on any atom is 0.255 e.